The fourth-order valence-electron chi connectivity index (χ4n) is 1.27. The van der Waals surface area contributed by atoms with Crippen molar-refractivity contribution >= 4 is 34.0 Å². The predicted octanol–water partition coefficient (Wildman–Crippen LogP) is 2.21. The second kappa shape index (κ2) is 4.52. The van der Waals surface area contributed by atoms with Crippen LogP contribution < -0.4 is 11.1 Å². The number of rotatable bonds is 3. The van der Waals surface area contributed by atoms with Crippen LogP contribution in [0.5, 0.6) is 0 Å². The molecule has 0 saturated carbocycles. The lowest BCUT2D eigenvalue weighted by Crippen LogP contribution is -2.03. The van der Waals surface area contributed by atoms with Gasteiger partial charge in [-0.05, 0) is 40.8 Å². The van der Waals surface area contributed by atoms with Gasteiger partial charge in [-0.15, -0.1) is 0 Å². The molecule has 2 rings (SSSR count). The van der Waals surface area contributed by atoms with E-state index in [2.05, 4.69) is 37.9 Å². The molecule has 0 amide bonds. The van der Waals surface area contributed by atoms with E-state index in [9.17, 15) is 0 Å². The van der Waals surface area contributed by atoms with Crippen LogP contribution in [-0.4, -0.2) is 9.97 Å². The maximum Gasteiger partial charge on any atom is 0.125 e. The zero-order chi connectivity index (χ0) is 10.7. The highest BCUT2D eigenvalue weighted by molar-refractivity contribution is 14.1. The van der Waals surface area contributed by atoms with Crippen LogP contribution in [0.3, 0.4) is 0 Å². The number of halogens is 1. The van der Waals surface area contributed by atoms with Crippen LogP contribution in [-0.2, 0) is 6.54 Å². The van der Waals surface area contributed by atoms with Crippen molar-refractivity contribution < 1.29 is 0 Å². The average molecular weight is 314 g/mol. The Labute approximate surface area is 101 Å². The minimum Gasteiger partial charge on any atom is -0.397 e. The Morgan fingerprint density at radius 3 is 3.00 bits per heavy atom. The van der Waals surface area contributed by atoms with Gasteiger partial charge in [-0.1, -0.05) is 0 Å². The summed E-state index contributed by atoms with van der Waals surface area (Å²) in [5.74, 6) is 0.896. The van der Waals surface area contributed by atoms with Gasteiger partial charge in [0.05, 0.1) is 17.9 Å². The number of anilines is 2. The molecular weight excluding hydrogens is 303 g/mol. The van der Waals surface area contributed by atoms with Gasteiger partial charge in [-0.25, -0.2) is 4.98 Å². The Bertz CT molecular complexity index is 439. The highest BCUT2D eigenvalue weighted by Gasteiger charge is 2.00. The Hall–Kier alpha value is -1.24. The van der Waals surface area contributed by atoms with Gasteiger partial charge >= 0.3 is 0 Å². The number of nitrogen functional groups attached to an aromatic ring is 1. The lowest BCUT2D eigenvalue weighted by molar-refractivity contribution is 1.00. The molecular formula is C10H11IN4. The van der Waals surface area contributed by atoms with Gasteiger partial charge in [-0.2, -0.15) is 0 Å². The first-order chi connectivity index (χ1) is 7.25. The van der Waals surface area contributed by atoms with E-state index in [0.717, 1.165) is 20.8 Å². The van der Waals surface area contributed by atoms with Crippen LogP contribution in [0.25, 0.3) is 0 Å². The molecule has 0 aliphatic rings. The summed E-state index contributed by atoms with van der Waals surface area (Å²) < 4.78 is 1.13. The summed E-state index contributed by atoms with van der Waals surface area (Å²) >= 11 is 2.23. The zero-order valence-electron chi connectivity index (χ0n) is 8.00. The minimum absolute atomic E-state index is 0.651. The second-order valence-electron chi connectivity index (χ2n) is 3.12. The molecule has 1 heterocycles. The van der Waals surface area contributed by atoms with Crippen molar-refractivity contribution in [3.8, 4) is 0 Å². The predicted molar refractivity (Wildman–Crippen MR) is 69.5 cm³/mol. The summed E-state index contributed by atoms with van der Waals surface area (Å²) in [5.41, 5.74) is 7.56. The lowest BCUT2D eigenvalue weighted by Gasteiger charge is -2.07. The van der Waals surface area contributed by atoms with Crippen LogP contribution in [0, 0.1) is 3.57 Å². The topological polar surface area (TPSA) is 66.7 Å². The van der Waals surface area contributed by atoms with E-state index >= 15 is 0 Å². The maximum absolute atomic E-state index is 5.86. The Kier molecular flexibility index (Phi) is 3.10. The summed E-state index contributed by atoms with van der Waals surface area (Å²) in [4.78, 5) is 7.14. The number of aromatic amines is 1. The highest BCUT2D eigenvalue weighted by atomic mass is 127. The monoisotopic (exact) mass is 314 g/mol. The van der Waals surface area contributed by atoms with Gasteiger partial charge in [0.25, 0.3) is 0 Å². The number of nitrogens with two attached hydrogens (primary N) is 1. The van der Waals surface area contributed by atoms with E-state index in [1.807, 2.05) is 18.2 Å². The normalized spacial score (nSPS) is 10.2. The van der Waals surface area contributed by atoms with Gasteiger partial charge in [0.2, 0.25) is 0 Å². The fourth-order valence-corrected chi connectivity index (χ4v) is 1.78. The van der Waals surface area contributed by atoms with E-state index < -0.39 is 0 Å². The molecule has 0 fully saturated rings. The van der Waals surface area contributed by atoms with E-state index in [4.69, 9.17) is 5.73 Å². The Morgan fingerprint density at radius 2 is 2.33 bits per heavy atom. The van der Waals surface area contributed by atoms with Crippen molar-refractivity contribution in [2.75, 3.05) is 11.1 Å². The minimum atomic E-state index is 0.651. The molecule has 0 atom stereocenters. The van der Waals surface area contributed by atoms with Crippen molar-refractivity contribution in [2.24, 2.45) is 0 Å². The molecule has 0 spiro atoms. The molecule has 0 aliphatic heterocycles. The number of H-pyrrole nitrogens is 1. The molecule has 78 valence electrons. The summed E-state index contributed by atoms with van der Waals surface area (Å²) in [6.45, 7) is 0.651. The number of nitrogens with one attached hydrogen (secondary N) is 2. The van der Waals surface area contributed by atoms with Crippen molar-refractivity contribution in [1.82, 2.24) is 9.97 Å². The number of aromatic nitrogens is 2. The fraction of sp³-hybridized carbons (Fsp3) is 0.100. The molecule has 0 bridgehead atoms. The van der Waals surface area contributed by atoms with Crippen LogP contribution in [0.15, 0.2) is 30.6 Å². The van der Waals surface area contributed by atoms with Crippen molar-refractivity contribution in [2.45, 2.75) is 6.54 Å². The first kappa shape index (κ1) is 10.3. The first-order valence-electron chi connectivity index (χ1n) is 4.53. The van der Waals surface area contributed by atoms with E-state index in [1.54, 1.807) is 12.4 Å². The Balaban J connectivity index is 2.05. The van der Waals surface area contributed by atoms with Crippen LogP contribution in [0.1, 0.15) is 5.82 Å². The molecule has 15 heavy (non-hydrogen) atoms. The van der Waals surface area contributed by atoms with Crippen molar-refractivity contribution in [3.05, 3.63) is 40.0 Å². The Morgan fingerprint density at radius 1 is 1.47 bits per heavy atom. The number of hydrogen-bond donors (Lipinski definition) is 3. The third kappa shape index (κ3) is 2.62. The number of benzene rings is 1. The van der Waals surface area contributed by atoms with Crippen LogP contribution in [0.4, 0.5) is 11.4 Å². The average Bonchev–Trinajstić information content (AvgIpc) is 2.69. The van der Waals surface area contributed by atoms with Gasteiger partial charge in [0.15, 0.2) is 0 Å². The zero-order valence-corrected chi connectivity index (χ0v) is 10.2. The van der Waals surface area contributed by atoms with Crippen molar-refractivity contribution in [1.29, 1.82) is 0 Å². The third-order valence-electron chi connectivity index (χ3n) is 2.01. The van der Waals surface area contributed by atoms with E-state index in [1.165, 1.54) is 0 Å². The van der Waals surface area contributed by atoms with Gasteiger partial charge < -0.3 is 16.0 Å². The summed E-state index contributed by atoms with van der Waals surface area (Å²) in [6.07, 6.45) is 3.53. The van der Waals surface area contributed by atoms with Crippen LogP contribution in [0.2, 0.25) is 0 Å². The molecule has 5 heteroatoms. The lowest BCUT2D eigenvalue weighted by atomic mass is 10.3. The third-order valence-corrected chi connectivity index (χ3v) is 2.69. The van der Waals surface area contributed by atoms with E-state index in [-0.39, 0.29) is 0 Å². The molecule has 0 saturated heterocycles. The standard InChI is InChI=1S/C10H11IN4/c11-7-1-2-9(8(12)5-7)15-6-10-13-3-4-14-10/h1-5,15H,6,12H2,(H,13,14). The molecule has 4 nitrogen and oxygen atoms in total. The highest BCUT2D eigenvalue weighted by Crippen LogP contribution is 2.20. The molecule has 1 aromatic heterocycles. The van der Waals surface area contributed by atoms with Crippen molar-refractivity contribution in [3.63, 3.8) is 0 Å². The van der Waals surface area contributed by atoms with Gasteiger partial charge in [-0.3, -0.25) is 0 Å². The summed E-state index contributed by atoms with van der Waals surface area (Å²) in [5, 5.41) is 3.22. The molecule has 2 aromatic rings. The summed E-state index contributed by atoms with van der Waals surface area (Å²) in [6, 6.07) is 5.92. The number of imidazole rings is 1. The molecule has 1 aromatic carbocycles. The molecule has 0 aliphatic carbocycles. The maximum atomic E-state index is 5.86. The SMILES string of the molecule is Nc1cc(I)ccc1NCc1ncc[nH]1. The largest absolute Gasteiger partial charge is 0.397 e. The molecule has 0 radical (unpaired) electrons. The summed E-state index contributed by atoms with van der Waals surface area (Å²) in [7, 11) is 0. The van der Waals surface area contributed by atoms with E-state index in [0.29, 0.717) is 6.54 Å². The molecule has 4 N–H and O–H groups in total. The quantitative estimate of drug-likeness (QED) is 0.601. The smallest absolute Gasteiger partial charge is 0.125 e. The van der Waals surface area contributed by atoms with Gasteiger partial charge in [0.1, 0.15) is 5.82 Å². The molecule has 0 unspecified atom stereocenters. The number of nitrogens with zero attached hydrogens (tertiary/aromatic N) is 1. The number of hydrogen-bond acceptors (Lipinski definition) is 3. The van der Waals surface area contributed by atoms with Crippen LogP contribution >= 0.6 is 22.6 Å². The first-order valence-corrected chi connectivity index (χ1v) is 5.61. The van der Waals surface area contributed by atoms with Gasteiger partial charge in [0, 0.05) is 16.0 Å². The second-order valence-corrected chi connectivity index (χ2v) is 4.37.